The van der Waals surface area contributed by atoms with Gasteiger partial charge in [0.15, 0.2) is 0 Å². The molecule has 0 aliphatic carbocycles. The average Bonchev–Trinajstić information content (AvgIpc) is 2.78. The second-order valence-electron chi connectivity index (χ2n) is 4.91. The molecule has 21 heavy (non-hydrogen) atoms. The molecule has 1 aliphatic rings. The first-order valence-electron chi connectivity index (χ1n) is 6.24. The largest absolute Gasteiger partial charge is 0.433 e. The number of aromatic nitrogens is 4. The van der Waals surface area contributed by atoms with Crippen LogP contribution in [0.5, 0.6) is 0 Å². The first-order chi connectivity index (χ1) is 9.91. The van der Waals surface area contributed by atoms with E-state index in [2.05, 4.69) is 31.0 Å². The molecule has 2 aromatic rings. The monoisotopic (exact) mass is 361 g/mol. The molecule has 3 rings (SSSR count). The highest BCUT2D eigenvalue weighted by Gasteiger charge is 2.35. The number of alkyl halides is 3. The summed E-state index contributed by atoms with van der Waals surface area (Å²) in [6.07, 6.45) is 0.0883. The zero-order valence-corrected chi connectivity index (χ0v) is 12.3. The first-order valence-corrected chi connectivity index (χ1v) is 7.03. The van der Waals surface area contributed by atoms with Crippen LogP contribution in [0.1, 0.15) is 5.69 Å². The van der Waals surface area contributed by atoms with Crippen LogP contribution in [-0.4, -0.2) is 32.8 Å². The second-order valence-corrected chi connectivity index (χ2v) is 5.83. The van der Waals surface area contributed by atoms with Gasteiger partial charge in [-0.2, -0.15) is 18.3 Å². The highest BCUT2D eigenvalue weighted by molar-refractivity contribution is 9.10. The lowest BCUT2D eigenvalue weighted by Gasteiger charge is -2.40. The molecule has 9 heteroatoms. The van der Waals surface area contributed by atoms with E-state index in [1.807, 2.05) is 10.9 Å². The Morgan fingerprint density at radius 2 is 2.05 bits per heavy atom. The van der Waals surface area contributed by atoms with E-state index in [0.29, 0.717) is 24.8 Å². The molecule has 0 saturated carbocycles. The third-order valence-electron chi connectivity index (χ3n) is 3.27. The summed E-state index contributed by atoms with van der Waals surface area (Å²) in [6.45, 7) is 2.05. The SMILES string of the molecule is FC(F)(F)c1cc(N2CC(Cn3cc(Br)cn3)C2)ncn1. The summed E-state index contributed by atoms with van der Waals surface area (Å²) in [5.41, 5.74) is -0.910. The van der Waals surface area contributed by atoms with Gasteiger partial charge in [0, 0.05) is 37.8 Å². The number of halogens is 4. The molecule has 0 radical (unpaired) electrons. The summed E-state index contributed by atoms with van der Waals surface area (Å²) in [5, 5.41) is 4.16. The zero-order valence-electron chi connectivity index (χ0n) is 10.8. The van der Waals surface area contributed by atoms with Gasteiger partial charge in [-0.3, -0.25) is 4.68 Å². The number of rotatable bonds is 3. The molecule has 112 valence electrons. The maximum absolute atomic E-state index is 12.6. The van der Waals surface area contributed by atoms with Gasteiger partial charge in [-0.05, 0) is 15.9 Å². The summed E-state index contributed by atoms with van der Waals surface area (Å²) < 4.78 is 40.5. The highest BCUT2D eigenvalue weighted by atomic mass is 79.9. The van der Waals surface area contributed by atoms with Gasteiger partial charge in [0.2, 0.25) is 0 Å². The fraction of sp³-hybridized carbons (Fsp3) is 0.417. The summed E-state index contributed by atoms with van der Waals surface area (Å²) in [7, 11) is 0. The normalized spacial score (nSPS) is 16.1. The third kappa shape index (κ3) is 3.17. The van der Waals surface area contributed by atoms with Gasteiger partial charge in [0.05, 0.1) is 10.7 Å². The molecule has 0 N–H and O–H groups in total. The van der Waals surface area contributed by atoms with Crippen molar-refractivity contribution in [2.75, 3.05) is 18.0 Å². The van der Waals surface area contributed by atoms with Crippen molar-refractivity contribution in [2.24, 2.45) is 5.92 Å². The number of nitrogens with zero attached hydrogens (tertiary/aromatic N) is 5. The lowest BCUT2D eigenvalue weighted by atomic mass is 10.0. The molecular weight excluding hydrogens is 351 g/mol. The smallest absolute Gasteiger partial charge is 0.356 e. The topological polar surface area (TPSA) is 46.8 Å². The zero-order chi connectivity index (χ0) is 15.0. The van der Waals surface area contributed by atoms with E-state index in [4.69, 9.17) is 0 Å². The molecule has 5 nitrogen and oxygen atoms in total. The van der Waals surface area contributed by atoms with Crippen LogP contribution in [0.4, 0.5) is 19.0 Å². The number of anilines is 1. The van der Waals surface area contributed by atoms with Gasteiger partial charge in [-0.25, -0.2) is 9.97 Å². The van der Waals surface area contributed by atoms with Crippen LogP contribution in [0.2, 0.25) is 0 Å². The van der Waals surface area contributed by atoms with E-state index >= 15 is 0 Å². The fourth-order valence-electron chi connectivity index (χ4n) is 2.25. The minimum atomic E-state index is -4.44. The van der Waals surface area contributed by atoms with Crippen molar-refractivity contribution in [2.45, 2.75) is 12.7 Å². The molecule has 0 unspecified atom stereocenters. The van der Waals surface area contributed by atoms with Crippen molar-refractivity contribution in [1.82, 2.24) is 19.7 Å². The Morgan fingerprint density at radius 3 is 2.67 bits per heavy atom. The van der Waals surface area contributed by atoms with Crippen LogP contribution in [0.15, 0.2) is 29.3 Å². The van der Waals surface area contributed by atoms with Crippen molar-refractivity contribution in [3.8, 4) is 0 Å². The van der Waals surface area contributed by atoms with Crippen LogP contribution in [-0.2, 0) is 12.7 Å². The van der Waals surface area contributed by atoms with Crippen molar-refractivity contribution < 1.29 is 13.2 Å². The Labute approximate surface area is 126 Å². The van der Waals surface area contributed by atoms with Crippen LogP contribution < -0.4 is 4.90 Å². The Kier molecular flexibility index (Phi) is 3.60. The van der Waals surface area contributed by atoms with E-state index in [-0.39, 0.29) is 0 Å². The second kappa shape index (κ2) is 5.28. The van der Waals surface area contributed by atoms with Gasteiger partial charge >= 0.3 is 6.18 Å². The minimum Gasteiger partial charge on any atom is -0.356 e. The molecule has 0 spiro atoms. The Balaban J connectivity index is 1.61. The number of hydrogen-bond acceptors (Lipinski definition) is 4. The van der Waals surface area contributed by atoms with Crippen LogP contribution >= 0.6 is 15.9 Å². The molecule has 0 bridgehead atoms. The predicted octanol–water partition coefficient (Wildman–Crippen LogP) is 2.59. The summed E-state index contributed by atoms with van der Waals surface area (Å²) >= 11 is 3.32. The summed E-state index contributed by atoms with van der Waals surface area (Å²) in [4.78, 5) is 8.97. The summed E-state index contributed by atoms with van der Waals surface area (Å²) in [6, 6.07) is 0.987. The molecule has 1 fully saturated rings. The molecule has 2 aromatic heterocycles. The summed E-state index contributed by atoms with van der Waals surface area (Å²) in [5.74, 6) is 0.663. The first kappa shape index (κ1) is 14.3. The van der Waals surface area contributed by atoms with E-state index in [1.165, 1.54) is 0 Å². The van der Waals surface area contributed by atoms with E-state index in [1.54, 1.807) is 11.1 Å². The standard InChI is InChI=1S/C12H11BrF3N5/c13-9-2-19-21(6-9)5-8-3-20(4-8)11-1-10(12(14,15)16)17-7-18-11/h1-2,6-8H,3-5H2. The van der Waals surface area contributed by atoms with E-state index in [9.17, 15) is 13.2 Å². The molecule has 1 aliphatic heterocycles. The predicted molar refractivity (Wildman–Crippen MR) is 72.7 cm³/mol. The Hall–Kier alpha value is -1.64. The van der Waals surface area contributed by atoms with Gasteiger partial charge < -0.3 is 4.90 Å². The Morgan fingerprint density at radius 1 is 1.29 bits per heavy atom. The highest BCUT2D eigenvalue weighted by Crippen LogP contribution is 2.31. The number of hydrogen-bond donors (Lipinski definition) is 0. The van der Waals surface area contributed by atoms with Crippen LogP contribution in [0, 0.1) is 5.92 Å². The van der Waals surface area contributed by atoms with Crippen molar-refractivity contribution in [3.05, 3.63) is 35.0 Å². The molecular formula is C12H11BrF3N5. The molecule has 0 aromatic carbocycles. The van der Waals surface area contributed by atoms with Crippen molar-refractivity contribution >= 4 is 21.7 Å². The molecule has 3 heterocycles. The molecule has 0 amide bonds. The molecule has 0 atom stereocenters. The quantitative estimate of drug-likeness (QED) is 0.842. The van der Waals surface area contributed by atoms with Gasteiger partial charge in [0.1, 0.15) is 17.8 Å². The van der Waals surface area contributed by atoms with Crippen molar-refractivity contribution in [1.29, 1.82) is 0 Å². The van der Waals surface area contributed by atoms with E-state index < -0.39 is 11.9 Å². The van der Waals surface area contributed by atoms with Gasteiger partial charge in [-0.15, -0.1) is 0 Å². The lowest BCUT2D eigenvalue weighted by Crippen LogP contribution is -2.49. The van der Waals surface area contributed by atoms with Gasteiger partial charge in [0.25, 0.3) is 0 Å². The minimum absolute atomic E-state index is 0.315. The fourth-order valence-corrected chi connectivity index (χ4v) is 2.58. The average molecular weight is 362 g/mol. The molecule has 1 saturated heterocycles. The van der Waals surface area contributed by atoms with Gasteiger partial charge in [-0.1, -0.05) is 0 Å². The maximum atomic E-state index is 12.6. The third-order valence-corrected chi connectivity index (χ3v) is 3.68. The van der Waals surface area contributed by atoms with Crippen molar-refractivity contribution in [3.63, 3.8) is 0 Å². The Bertz CT molecular complexity index is 636. The maximum Gasteiger partial charge on any atom is 0.433 e. The van der Waals surface area contributed by atoms with E-state index in [0.717, 1.165) is 23.4 Å². The van der Waals surface area contributed by atoms with Crippen LogP contribution in [0.3, 0.4) is 0 Å². The lowest BCUT2D eigenvalue weighted by molar-refractivity contribution is -0.141. The van der Waals surface area contributed by atoms with Crippen LogP contribution in [0.25, 0.3) is 0 Å².